The number of H-pyrrole nitrogens is 1. The third-order valence-electron chi connectivity index (χ3n) is 6.44. The summed E-state index contributed by atoms with van der Waals surface area (Å²) in [7, 11) is 0. The molecule has 0 saturated carbocycles. The lowest BCUT2D eigenvalue weighted by molar-refractivity contribution is 0.0704. The fraction of sp³-hybridized carbons (Fsp3) is 0.409. The summed E-state index contributed by atoms with van der Waals surface area (Å²) in [6.07, 6.45) is 6.16. The smallest absolute Gasteiger partial charge is 0.259 e. The SMILES string of the molecule is O=C(c1ccc2nsnc2c1)N1CCC[C@@H](c2nc3sc4c(c3c(=O)[nH]2)CCCC4)C1. The molecule has 31 heavy (non-hydrogen) atoms. The molecule has 4 aromatic rings. The molecule has 9 heteroatoms. The lowest BCUT2D eigenvalue weighted by atomic mass is 9.95. The van der Waals surface area contributed by atoms with Crippen LogP contribution in [-0.2, 0) is 12.8 Å². The van der Waals surface area contributed by atoms with E-state index in [-0.39, 0.29) is 17.4 Å². The van der Waals surface area contributed by atoms with Gasteiger partial charge in [0.25, 0.3) is 11.5 Å². The number of piperidine rings is 1. The lowest BCUT2D eigenvalue weighted by Gasteiger charge is -2.32. The van der Waals surface area contributed by atoms with E-state index in [2.05, 4.69) is 13.7 Å². The van der Waals surface area contributed by atoms with Crippen molar-refractivity contribution in [3.8, 4) is 0 Å². The maximum Gasteiger partial charge on any atom is 0.259 e. The van der Waals surface area contributed by atoms with Gasteiger partial charge in [-0.1, -0.05) is 0 Å². The Bertz CT molecular complexity index is 1370. The predicted molar refractivity (Wildman–Crippen MR) is 122 cm³/mol. The number of aromatic nitrogens is 4. The first-order valence-corrected chi connectivity index (χ1v) is 12.3. The van der Waals surface area contributed by atoms with E-state index < -0.39 is 0 Å². The molecule has 2 aliphatic rings. The molecule has 1 aromatic carbocycles. The third kappa shape index (κ3) is 3.27. The molecular formula is C22H21N5O2S2. The van der Waals surface area contributed by atoms with E-state index in [1.54, 1.807) is 11.3 Å². The van der Waals surface area contributed by atoms with Gasteiger partial charge in [0.1, 0.15) is 21.7 Å². The van der Waals surface area contributed by atoms with E-state index in [1.807, 2.05) is 23.1 Å². The van der Waals surface area contributed by atoms with E-state index >= 15 is 0 Å². The molecule has 1 amide bonds. The van der Waals surface area contributed by atoms with Gasteiger partial charge in [0.05, 0.1) is 17.1 Å². The quantitative estimate of drug-likeness (QED) is 0.499. The number of nitrogens with one attached hydrogen (secondary N) is 1. The van der Waals surface area contributed by atoms with Crippen LogP contribution in [0, 0.1) is 0 Å². The van der Waals surface area contributed by atoms with Crippen LogP contribution >= 0.6 is 23.1 Å². The minimum Gasteiger partial charge on any atom is -0.338 e. The van der Waals surface area contributed by atoms with Crippen molar-refractivity contribution in [3.63, 3.8) is 0 Å². The average molecular weight is 452 g/mol. The van der Waals surface area contributed by atoms with Crippen LogP contribution in [-0.4, -0.2) is 42.6 Å². The van der Waals surface area contributed by atoms with E-state index in [0.717, 1.165) is 65.1 Å². The highest BCUT2D eigenvalue weighted by atomic mass is 32.1. The molecule has 1 N–H and O–H groups in total. The van der Waals surface area contributed by atoms with Crippen LogP contribution < -0.4 is 5.56 Å². The number of nitrogens with zero attached hydrogens (tertiary/aromatic N) is 4. The van der Waals surface area contributed by atoms with Crippen LogP contribution in [0.15, 0.2) is 23.0 Å². The molecule has 1 aliphatic carbocycles. The molecule has 1 atom stereocenters. The van der Waals surface area contributed by atoms with Crippen LogP contribution in [0.4, 0.5) is 0 Å². The lowest BCUT2D eigenvalue weighted by Crippen LogP contribution is -2.39. The monoisotopic (exact) mass is 451 g/mol. The molecule has 0 spiro atoms. The molecular weight excluding hydrogens is 430 g/mol. The summed E-state index contributed by atoms with van der Waals surface area (Å²) in [6, 6.07) is 5.48. The summed E-state index contributed by atoms with van der Waals surface area (Å²) in [5.74, 6) is 0.751. The highest BCUT2D eigenvalue weighted by Crippen LogP contribution is 2.34. The van der Waals surface area contributed by atoms with Gasteiger partial charge in [-0.3, -0.25) is 9.59 Å². The number of amides is 1. The first kappa shape index (κ1) is 19.1. The van der Waals surface area contributed by atoms with Crippen molar-refractivity contribution < 1.29 is 4.79 Å². The van der Waals surface area contributed by atoms with Gasteiger partial charge in [-0.15, -0.1) is 11.3 Å². The standard InChI is InChI=1S/C22H21N5O2S2/c28-20-18-14-5-1-2-6-17(14)30-21(18)24-19(23-20)13-4-3-9-27(11-13)22(29)12-7-8-15-16(10-12)26-31-25-15/h7-8,10,13H,1-6,9,11H2,(H,23,24,28)/t13-/m1/s1. The average Bonchev–Trinajstić information content (AvgIpc) is 3.42. The number of fused-ring (bicyclic) bond motifs is 4. The molecule has 0 unspecified atom stereocenters. The zero-order valence-electron chi connectivity index (χ0n) is 16.9. The summed E-state index contributed by atoms with van der Waals surface area (Å²) in [4.78, 5) is 38.1. The second-order valence-electron chi connectivity index (χ2n) is 8.40. The zero-order chi connectivity index (χ0) is 20.9. The number of likely N-dealkylation sites (tertiary alicyclic amines) is 1. The minimum atomic E-state index is -0.0238. The summed E-state index contributed by atoms with van der Waals surface area (Å²) in [5.41, 5.74) is 3.38. The van der Waals surface area contributed by atoms with Crippen molar-refractivity contribution in [2.75, 3.05) is 13.1 Å². The van der Waals surface area contributed by atoms with Gasteiger partial charge in [0, 0.05) is 29.4 Å². The Balaban J connectivity index is 1.29. The number of aromatic amines is 1. The summed E-state index contributed by atoms with van der Waals surface area (Å²) >= 11 is 2.83. The van der Waals surface area contributed by atoms with Gasteiger partial charge in [0.15, 0.2) is 0 Å². The highest BCUT2D eigenvalue weighted by molar-refractivity contribution is 7.18. The number of aryl methyl sites for hydroxylation is 2. The molecule has 7 nitrogen and oxygen atoms in total. The largest absolute Gasteiger partial charge is 0.338 e. The zero-order valence-corrected chi connectivity index (χ0v) is 18.5. The third-order valence-corrected chi connectivity index (χ3v) is 8.18. The molecule has 158 valence electrons. The molecule has 6 rings (SSSR count). The fourth-order valence-corrected chi connectivity index (χ4v) is 6.64. The van der Waals surface area contributed by atoms with Crippen LogP contribution in [0.1, 0.15) is 58.2 Å². The van der Waals surface area contributed by atoms with Crippen molar-refractivity contribution in [2.24, 2.45) is 0 Å². The van der Waals surface area contributed by atoms with Crippen LogP contribution in [0.3, 0.4) is 0 Å². The Morgan fingerprint density at radius 3 is 2.94 bits per heavy atom. The van der Waals surface area contributed by atoms with Gasteiger partial charge < -0.3 is 9.88 Å². The molecule has 1 fully saturated rings. The molecule has 0 bridgehead atoms. The van der Waals surface area contributed by atoms with Crippen molar-refractivity contribution in [2.45, 2.75) is 44.4 Å². The van der Waals surface area contributed by atoms with Gasteiger partial charge in [-0.2, -0.15) is 8.75 Å². The van der Waals surface area contributed by atoms with Gasteiger partial charge in [0.2, 0.25) is 0 Å². The van der Waals surface area contributed by atoms with E-state index in [1.165, 1.54) is 16.9 Å². The summed E-state index contributed by atoms with van der Waals surface area (Å²) < 4.78 is 8.45. The Morgan fingerprint density at radius 2 is 2.00 bits per heavy atom. The van der Waals surface area contributed by atoms with Crippen LogP contribution in [0.25, 0.3) is 21.3 Å². The Kier molecular flexibility index (Phi) is 4.61. The first-order valence-electron chi connectivity index (χ1n) is 10.7. The molecule has 0 radical (unpaired) electrons. The number of thiophene rings is 1. The van der Waals surface area contributed by atoms with Gasteiger partial charge in [-0.05, 0) is 62.3 Å². The van der Waals surface area contributed by atoms with E-state index in [0.29, 0.717) is 24.5 Å². The highest BCUT2D eigenvalue weighted by Gasteiger charge is 2.28. The van der Waals surface area contributed by atoms with Crippen molar-refractivity contribution in [1.82, 2.24) is 23.6 Å². The minimum absolute atomic E-state index is 0.00499. The second kappa shape index (κ2) is 7.49. The van der Waals surface area contributed by atoms with Crippen molar-refractivity contribution >= 4 is 50.2 Å². The Hall–Kier alpha value is -2.65. The maximum atomic E-state index is 13.1. The van der Waals surface area contributed by atoms with Gasteiger partial charge in [-0.25, -0.2) is 4.98 Å². The Labute approximate surface area is 186 Å². The molecule has 3 aromatic heterocycles. The number of hydrogen-bond acceptors (Lipinski definition) is 7. The van der Waals surface area contributed by atoms with Crippen LogP contribution in [0.2, 0.25) is 0 Å². The van der Waals surface area contributed by atoms with E-state index in [4.69, 9.17) is 4.98 Å². The van der Waals surface area contributed by atoms with Gasteiger partial charge >= 0.3 is 0 Å². The second-order valence-corrected chi connectivity index (χ2v) is 10.0. The number of hydrogen-bond donors (Lipinski definition) is 1. The first-order chi connectivity index (χ1) is 15.2. The maximum absolute atomic E-state index is 13.1. The summed E-state index contributed by atoms with van der Waals surface area (Å²) in [6.45, 7) is 1.27. The predicted octanol–water partition coefficient (Wildman–Crippen LogP) is 3.89. The topological polar surface area (TPSA) is 91.8 Å². The van der Waals surface area contributed by atoms with E-state index in [9.17, 15) is 9.59 Å². The Morgan fingerprint density at radius 1 is 1.13 bits per heavy atom. The van der Waals surface area contributed by atoms with Crippen LogP contribution in [0.5, 0.6) is 0 Å². The summed E-state index contributed by atoms with van der Waals surface area (Å²) in [5, 5.41) is 0.789. The molecule has 1 aliphatic heterocycles. The number of rotatable bonds is 2. The number of carbonyl (C=O) groups excluding carboxylic acids is 1. The normalized spacial score (nSPS) is 19.1. The van der Waals surface area contributed by atoms with Crippen molar-refractivity contribution in [1.29, 1.82) is 0 Å². The number of carbonyl (C=O) groups is 1. The molecule has 1 saturated heterocycles. The fourth-order valence-electron chi connectivity index (χ4n) is 4.86. The molecule has 4 heterocycles. The number of benzene rings is 1. The van der Waals surface area contributed by atoms with Crippen molar-refractivity contribution in [3.05, 3.63) is 50.4 Å².